The Labute approximate surface area is 114 Å². The molecule has 0 aromatic rings. The van der Waals surface area contributed by atoms with E-state index >= 15 is 0 Å². The molecule has 0 spiro atoms. The molecule has 2 atom stereocenters. The Morgan fingerprint density at radius 2 is 1.94 bits per heavy atom. The topological polar surface area (TPSA) is 38.3 Å². The van der Waals surface area contributed by atoms with Crippen LogP contribution in [0.1, 0.15) is 51.4 Å². The van der Waals surface area contributed by atoms with Crippen LogP contribution in [-0.2, 0) is 9.53 Å². The van der Waals surface area contributed by atoms with E-state index in [1.165, 1.54) is 39.2 Å². The second-order valence-corrected chi connectivity index (χ2v) is 7.19. The Morgan fingerprint density at radius 1 is 1.22 bits per heavy atom. The molecule has 0 aliphatic heterocycles. The van der Waals surface area contributed by atoms with Crippen LogP contribution >= 0.6 is 11.8 Å². The van der Waals surface area contributed by atoms with Gasteiger partial charge in [-0.15, -0.1) is 0 Å². The van der Waals surface area contributed by atoms with Crippen molar-refractivity contribution in [2.75, 3.05) is 14.2 Å². The third kappa shape index (κ3) is 3.02. The first-order chi connectivity index (χ1) is 8.70. The van der Waals surface area contributed by atoms with Crippen molar-refractivity contribution in [3.05, 3.63) is 0 Å². The van der Waals surface area contributed by atoms with Crippen LogP contribution in [0.25, 0.3) is 0 Å². The lowest BCUT2D eigenvalue weighted by atomic mass is 9.98. The van der Waals surface area contributed by atoms with Gasteiger partial charge in [0.15, 0.2) is 0 Å². The second kappa shape index (κ2) is 6.29. The van der Waals surface area contributed by atoms with Gasteiger partial charge in [0.1, 0.15) is 5.54 Å². The van der Waals surface area contributed by atoms with E-state index in [0.29, 0.717) is 5.25 Å². The van der Waals surface area contributed by atoms with Crippen LogP contribution in [0.3, 0.4) is 0 Å². The van der Waals surface area contributed by atoms with E-state index in [-0.39, 0.29) is 5.97 Å². The standard InChI is InChI=1S/C14H25NO2S/c1-15-14(13(16)17-2)9-8-12(10-14)18-11-6-4-3-5-7-11/h11-12,15H,3-10H2,1-2H3. The Kier molecular flexibility index (Phi) is 4.96. The molecule has 2 unspecified atom stereocenters. The van der Waals surface area contributed by atoms with Gasteiger partial charge < -0.3 is 10.1 Å². The molecule has 2 rings (SSSR count). The number of rotatable bonds is 4. The van der Waals surface area contributed by atoms with Crippen molar-refractivity contribution in [2.45, 2.75) is 67.4 Å². The number of nitrogens with one attached hydrogen (secondary N) is 1. The van der Waals surface area contributed by atoms with E-state index in [9.17, 15) is 4.79 Å². The Balaban J connectivity index is 1.88. The number of carbonyl (C=O) groups excluding carboxylic acids is 1. The zero-order chi connectivity index (χ0) is 13.0. The number of esters is 1. The van der Waals surface area contributed by atoms with Crippen molar-refractivity contribution >= 4 is 17.7 Å². The molecule has 0 saturated heterocycles. The molecule has 2 fully saturated rings. The third-order valence-electron chi connectivity index (χ3n) is 4.46. The van der Waals surface area contributed by atoms with Crippen LogP contribution in [0.5, 0.6) is 0 Å². The fourth-order valence-electron chi connectivity index (χ4n) is 3.30. The molecule has 2 saturated carbocycles. The molecule has 0 aromatic carbocycles. The lowest BCUT2D eigenvalue weighted by molar-refractivity contribution is -0.148. The van der Waals surface area contributed by atoms with Gasteiger partial charge in [-0.25, -0.2) is 0 Å². The minimum absolute atomic E-state index is 0.0863. The van der Waals surface area contributed by atoms with E-state index in [1.807, 2.05) is 7.05 Å². The summed E-state index contributed by atoms with van der Waals surface area (Å²) in [6.45, 7) is 0. The van der Waals surface area contributed by atoms with Crippen LogP contribution in [0.15, 0.2) is 0 Å². The molecule has 0 bridgehead atoms. The highest BCUT2D eigenvalue weighted by Crippen LogP contribution is 2.42. The summed E-state index contributed by atoms with van der Waals surface area (Å²) >= 11 is 2.13. The van der Waals surface area contributed by atoms with Crippen LogP contribution in [-0.4, -0.2) is 36.2 Å². The number of hydrogen-bond donors (Lipinski definition) is 1. The van der Waals surface area contributed by atoms with E-state index in [1.54, 1.807) is 0 Å². The van der Waals surface area contributed by atoms with Gasteiger partial charge in [-0.3, -0.25) is 4.79 Å². The highest BCUT2D eigenvalue weighted by atomic mass is 32.2. The zero-order valence-corrected chi connectivity index (χ0v) is 12.4. The van der Waals surface area contributed by atoms with Crippen LogP contribution in [0, 0.1) is 0 Å². The molecule has 18 heavy (non-hydrogen) atoms. The minimum atomic E-state index is -0.416. The van der Waals surface area contributed by atoms with Crippen molar-refractivity contribution in [3.8, 4) is 0 Å². The number of likely N-dealkylation sites (N-methyl/N-ethyl adjacent to an activating group) is 1. The number of hydrogen-bond acceptors (Lipinski definition) is 4. The number of ether oxygens (including phenoxy) is 1. The van der Waals surface area contributed by atoms with E-state index in [2.05, 4.69) is 17.1 Å². The van der Waals surface area contributed by atoms with Crippen LogP contribution < -0.4 is 5.32 Å². The summed E-state index contributed by atoms with van der Waals surface area (Å²) < 4.78 is 4.96. The minimum Gasteiger partial charge on any atom is -0.468 e. The first-order valence-electron chi connectivity index (χ1n) is 7.13. The largest absolute Gasteiger partial charge is 0.468 e. The van der Waals surface area contributed by atoms with Gasteiger partial charge in [0.05, 0.1) is 7.11 Å². The Hall–Kier alpha value is -0.220. The van der Waals surface area contributed by atoms with Gasteiger partial charge in [0.25, 0.3) is 0 Å². The van der Waals surface area contributed by atoms with Gasteiger partial charge in [0, 0.05) is 10.5 Å². The molecule has 0 radical (unpaired) electrons. The molecule has 0 amide bonds. The maximum atomic E-state index is 11.9. The average Bonchev–Trinajstić information content (AvgIpc) is 2.83. The van der Waals surface area contributed by atoms with Gasteiger partial charge in [-0.2, -0.15) is 11.8 Å². The molecule has 3 nitrogen and oxygen atoms in total. The zero-order valence-electron chi connectivity index (χ0n) is 11.5. The number of thioether (sulfide) groups is 1. The summed E-state index contributed by atoms with van der Waals surface area (Å²) in [5, 5.41) is 4.66. The molecule has 0 aromatic heterocycles. The van der Waals surface area contributed by atoms with Gasteiger partial charge in [0.2, 0.25) is 0 Å². The quantitative estimate of drug-likeness (QED) is 0.798. The molecule has 104 valence electrons. The summed E-state index contributed by atoms with van der Waals surface area (Å²) in [6.07, 6.45) is 9.90. The smallest absolute Gasteiger partial charge is 0.326 e. The fourth-order valence-corrected chi connectivity index (χ4v) is 5.08. The molecular weight excluding hydrogens is 246 g/mol. The molecule has 4 heteroatoms. The molecule has 2 aliphatic rings. The fraction of sp³-hybridized carbons (Fsp3) is 0.929. The first kappa shape index (κ1) is 14.2. The van der Waals surface area contributed by atoms with Crippen molar-refractivity contribution in [1.29, 1.82) is 0 Å². The summed E-state index contributed by atoms with van der Waals surface area (Å²) in [5.41, 5.74) is -0.416. The maximum Gasteiger partial charge on any atom is 0.326 e. The van der Waals surface area contributed by atoms with Crippen LogP contribution in [0.2, 0.25) is 0 Å². The van der Waals surface area contributed by atoms with Gasteiger partial charge >= 0.3 is 5.97 Å². The summed E-state index contributed by atoms with van der Waals surface area (Å²) in [6, 6.07) is 0. The lowest BCUT2D eigenvalue weighted by Gasteiger charge is -2.27. The third-order valence-corrected chi connectivity index (χ3v) is 6.10. The molecule has 2 aliphatic carbocycles. The Morgan fingerprint density at radius 3 is 2.56 bits per heavy atom. The Bertz CT molecular complexity index is 292. The van der Waals surface area contributed by atoms with E-state index < -0.39 is 5.54 Å². The number of methoxy groups -OCH3 is 1. The van der Waals surface area contributed by atoms with Gasteiger partial charge in [-0.1, -0.05) is 19.3 Å². The normalized spacial score (nSPS) is 33.6. The molecular formula is C14H25NO2S. The van der Waals surface area contributed by atoms with E-state index in [0.717, 1.165) is 24.5 Å². The van der Waals surface area contributed by atoms with Crippen molar-refractivity contribution < 1.29 is 9.53 Å². The monoisotopic (exact) mass is 271 g/mol. The predicted molar refractivity (Wildman–Crippen MR) is 75.9 cm³/mol. The summed E-state index contributed by atoms with van der Waals surface area (Å²) in [7, 11) is 3.37. The van der Waals surface area contributed by atoms with Crippen molar-refractivity contribution in [3.63, 3.8) is 0 Å². The maximum absolute atomic E-state index is 11.9. The van der Waals surface area contributed by atoms with Crippen LogP contribution in [0.4, 0.5) is 0 Å². The predicted octanol–water partition coefficient (Wildman–Crippen LogP) is 2.74. The summed E-state index contributed by atoms with van der Waals surface area (Å²) in [5.74, 6) is -0.0863. The average molecular weight is 271 g/mol. The first-order valence-corrected chi connectivity index (χ1v) is 8.07. The highest BCUT2D eigenvalue weighted by Gasteiger charge is 2.45. The van der Waals surface area contributed by atoms with Crippen molar-refractivity contribution in [1.82, 2.24) is 5.32 Å². The van der Waals surface area contributed by atoms with E-state index in [4.69, 9.17) is 4.74 Å². The lowest BCUT2D eigenvalue weighted by Crippen LogP contribution is -2.49. The molecule has 0 heterocycles. The SMILES string of the molecule is CNC1(C(=O)OC)CCC(SC2CCCCC2)C1. The highest BCUT2D eigenvalue weighted by molar-refractivity contribution is 8.00. The number of carbonyl (C=O) groups is 1. The van der Waals surface area contributed by atoms with Crippen molar-refractivity contribution in [2.24, 2.45) is 0 Å². The van der Waals surface area contributed by atoms with Gasteiger partial charge in [-0.05, 0) is 39.2 Å². The summed E-state index contributed by atoms with van der Waals surface area (Å²) in [4.78, 5) is 11.9. The molecule has 1 N–H and O–H groups in total. The second-order valence-electron chi connectivity index (χ2n) is 5.58.